The molecule has 0 bridgehead atoms. The fraction of sp³-hybridized carbons (Fsp3) is 0.600. The van der Waals surface area contributed by atoms with E-state index in [1.165, 1.54) is 11.0 Å². The molecule has 2 heterocycles. The summed E-state index contributed by atoms with van der Waals surface area (Å²) >= 11 is 0. The minimum absolute atomic E-state index is 0.0404. The monoisotopic (exact) mass is 473 g/mol. The van der Waals surface area contributed by atoms with E-state index in [4.69, 9.17) is 9.47 Å². The van der Waals surface area contributed by atoms with Crippen LogP contribution in [0.2, 0.25) is 0 Å². The Labute approximate surface area is 186 Å². The van der Waals surface area contributed by atoms with Crippen LogP contribution in [0.25, 0.3) is 0 Å². The van der Waals surface area contributed by atoms with Crippen LogP contribution in [0.3, 0.4) is 0 Å². The van der Waals surface area contributed by atoms with Crippen molar-refractivity contribution < 1.29 is 36.1 Å². The summed E-state index contributed by atoms with van der Waals surface area (Å²) in [5.74, 6) is -0.524. The predicted molar refractivity (Wildman–Crippen MR) is 115 cm³/mol. The maximum absolute atomic E-state index is 14.9. The minimum atomic E-state index is -3.66. The Morgan fingerprint density at radius 1 is 1.31 bits per heavy atom. The Bertz CT molecular complexity index is 980. The first-order valence-corrected chi connectivity index (χ1v) is 12.0. The standard InChI is InChI=1S/C20H28FN3O7S/c1-20(2,3)31-18(25)22-13-7-8-23(10-13)17-6-5-14(9-16(17)21)24-11-15(30-19(24)26)12-29-32(4,27)28/h5-6,9,13,15H,7-8,10-12H2,1-4H3,(H,22,25)/t13-,15-/m1/s1. The lowest BCUT2D eigenvalue weighted by atomic mass is 10.2. The van der Waals surface area contributed by atoms with Gasteiger partial charge in [-0.15, -0.1) is 0 Å². The van der Waals surface area contributed by atoms with Crippen LogP contribution in [-0.2, 0) is 23.8 Å². The summed E-state index contributed by atoms with van der Waals surface area (Å²) in [4.78, 5) is 27.1. The number of benzene rings is 1. The second-order valence-electron chi connectivity index (χ2n) is 8.82. The fourth-order valence-electron chi connectivity index (χ4n) is 3.51. The number of hydrogen-bond acceptors (Lipinski definition) is 8. The molecule has 0 unspecified atom stereocenters. The number of carbonyl (C=O) groups excluding carboxylic acids is 2. The third kappa shape index (κ3) is 6.45. The van der Waals surface area contributed by atoms with Gasteiger partial charge in [0.1, 0.15) is 24.1 Å². The van der Waals surface area contributed by atoms with Gasteiger partial charge < -0.3 is 19.7 Å². The zero-order chi connectivity index (χ0) is 23.7. The van der Waals surface area contributed by atoms with E-state index >= 15 is 0 Å². The second-order valence-corrected chi connectivity index (χ2v) is 10.5. The average molecular weight is 474 g/mol. The first-order chi connectivity index (χ1) is 14.8. The number of alkyl carbamates (subject to hydrolysis) is 1. The Morgan fingerprint density at radius 3 is 2.66 bits per heavy atom. The van der Waals surface area contributed by atoms with Gasteiger partial charge in [0.2, 0.25) is 0 Å². The third-order valence-corrected chi connectivity index (χ3v) is 5.40. The molecule has 1 aromatic rings. The van der Waals surface area contributed by atoms with E-state index in [9.17, 15) is 22.4 Å². The zero-order valence-electron chi connectivity index (χ0n) is 18.5. The van der Waals surface area contributed by atoms with Gasteiger partial charge in [-0.25, -0.2) is 14.0 Å². The molecule has 0 radical (unpaired) electrons. The fourth-order valence-corrected chi connectivity index (χ4v) is 3.91. The van der Waals surface area contributed by atoms with Crippen LogP contribution in [0, 0.1) is 5.82 Å². The van der Waals surface area contributed by atoms with Gasteiger partial charge in [-0.05, 0) is 45.4 Å². The lowest BCUT2D eigenvalue weighted by Crippen LogP contribution is -2.40. The van der Waals surface area contributed by atoms with Gasteiger partial charge in [-0.3, -0.25) is 9.08 Å². The Hall–Kier alpha value is -2.60. The molecule has 1 aromatic carbocycles. The molecule has 2 amide bonds. The maximum atomic E-state index is 14.9. The van der Waals surface area contributed by atoms with Gasteiger partial charge in [-0.1, -0.05) is 0 Å². The van der Waals surface area contributed by atoms with E-state index in [1.54, 1.807) is 32.9 Å². The number of nitrogens with zero attached hydrogens (tertiary/aromatic N) is 2. The highest BCUT2D eigenvalue weighted by Crippen LogP contribution is 2.30. The number of ether oxygens (including phenoxy) is 2. The largest absolute Gasteiger partial charge is 0.444 e. The summed E-state index contributed by atoms with van der Waals surface area (Å²) in [6, 6.07) is 4.21. The summed E-state index contributed by atoms with van der Waals surface area (Å²) < 4.78 is 52.1. The lowest BCUT2D eigenvalue weighted by Gasteiger charge is -2.23. The van der Waals surface area contributed by atoms with Gasteiger partial charge in [0.05, 0.1) is 30.2 Å². The van der Waals surface area contributed by atoms with Crippen molar-refractivity contribution in [2.75, 3.05) is 42.3 Å². The second kappa shape index (κ2) is 9.10. The Kier molecular flexibility index (Phi) is 6.84. The molecular weight excluding hydrogens is 445 g/mol. The Balaban J connectivity index is 1.60. The summed E-state index contributed by atoms with van der Waals surface area (Å²) in [6.45, 7) is 6.05. The molecule has 32 heavy (non-hydrogen) atoms. The molecule has 0 saturated carbocycles. The molecule has 0 aromatic heterocycles. The number of anilines is 2. The topological polar surface area (TPSA) is 114 Å². The van der Waals surface area contributed by atoms with Crippen molar-refractivity contribution in [2.45, 2.75) is 44.9 Å². The van der Waals surface area contributed by atoms with Gasteiger partial charge in [-0.2, -0.15) is 8.42 Å². The van der Waals surface area contributed by atoms with Crippen LogP contribution in [0.4, 0.5) is 25.4 Å². The highest BCUT2D eigenvalue weighted by molar-refractivity contribution is 7.85. The van der Waals surface area contributed by atoms with Crippen molar-refractivity contribution in [3.63, 3.8) is 0 Å². The molecule has 0 spiro atoms. The SMILES string of the molecule is CC(C)(C)OC(=O)N[C@@H]1CCN(c2ccc(N3C[C@H](COS(C)(=O)=O)OC3=O)cc2F)C1. The number of cyclic esters (lactones) is 1. The summed E-state index contributed by atoms with van der Waals surface area (Å²) in [5, 5.41) is 2.79. The zero-order valence-corrected chi connectivity index (χ0v) is 19.3. The smallest absolute Gasteiger partial charge is 0.414 e. The molecule has 2 fully saturated rings. The Morgan fingerprint density at radius 2 is 2.03 bits per heavy atom. The van der Waals surface area contributed by atoms with Crippen LogP contribution < -0.4 is 15.1 Å². The van der Waals surface area contributed by atoms with Gasteiger partial charge in [0.15, 0.2) is 0 Å². The van der Waals surface area contributed by atoms with Crippen molar-refractivity contribution in [2.24, 2.45) is 0 Å². The summed E-state index contributed by atoms with van der Waals surface area (Å²) in [7, 11) is -3.66. The van der Waals surface area contributed by atoms with E-state index in [0.717, 1.165) is 6.26 Å². The lowest BCUT2D eigenvalue weighted by molar-refractivity contribution is 0.0509. The van der Waals surface area contributed by atoms with Crippen LogP contribution in [-0.4, -0.2) is 70.8 Å². The van der Waals surface area contributed by atoms with Crippen LogP contribution in [0.1, 0.15) is 27.2 Å². The molecule has 2 atom stereocenters. The summed E-state index contributed by atoms with van der Waals surface area (Å²) in [5.41, 5.74) is 0.0456. The van der Waals surface area contributed by atoms with E-state index in [1.807, 2.05) is 4.90 Å². The highest BCUT2D eigenvalue weighted by Gasteiger charge is 2.34. The molecule has 0 aliphatic carbocycles. The van der Waals surface area contributed by atoms with Crippen molar-refractivity contribution >= 4 is 33.7 Å². The number of hydrogen-bond donors (Lipinski definition) is 1. The molecule has 178 valence electrons. The first-order valence-electron chi connectivity index (χ1n) is 10.2. The number of amides is 2. The van der Waals surface area contributed by atoms with Crippen LogP contribution in [0.5, 0.6) is 0 Å². The highest BCUT2D eigenvalue weighted by atomic mass is 32.2. The molecule has 2 aliphatic heterocycles. The molecule has 3 rings (SSSR count). The van der Waals surface area contributed by atoms with Crippen LogP contribution >= 0.6 is 0 Å². The average Bonchev–Trinajstić information content (AvgIpc) is 3.24. The van der Waals surface area contributed by atoms with Crippen molar-refractivity contribution in [1.82, 2.24) is 5.32 Å². The quantitative estimate of drug-likeness (QED) is 0.626. The number of halogens is 1. The van der Waals surface area contributed by atoms with Crippen molar-refractivity contribution in [3.05, 3.63) is 24.0 Å². The maximum Gasteiger partial charge on any atom is 0.414 e. The molecule has 10 nitrogen and oxygen atoms in total. The number of nitrogens with one attached hydrogen (secondary N) is 1. The van der Waals surface area contributed by atoms with Gasteiger partial charge >= 0.3 is 12.2 Å². The number of carbonyl (C=O) groups is 2. The van der Waals surface area contributed by atoms with Crippen LogP contribution in [0.15, 0.2) is 18.2 Å². The normalized spacial score (nSPS) is 21.6. The van der Waals surface area contributed by atoms with E-state index in [-0.39, 0.29) is 19.2 Å². The molecular formula is C20H28FN3O7S. The van der Waals surface area contributed by atoms with Gasteiger partial charge in [0, 0.05) is 13.1 Å². The van der Waals surface area contributed by atoms with E-state index in [2.05, 4.69) is 9.50 Å². The molecule has 1 N–H and O–H groups in total. The molecule has 12 heteroatoms. The predicted octanol–water partition coefficient (Wildman–Crippen LogP) is 2.23. The molecule has 2 aliphatic rings. The summed E-state index contributed by atoms with van der Waals surface area (Å²) in [6.07, 6.45) is -0.454. The van der Waals surface area contributed by atoms with Crippen molar-refractivity contribution in [3.8, 4) is 0 Å². The number of rotatable bonds is 6. The van der Waals surface area contributed by atoms with E-state index < -0.39 is 39.8 Å². The van der Waals surface area contributed by atoms with E-state index in [0.29, 0.717) is 30.9 Å². The third-order valence-electron chi connectivity index (χ3n) is 4.83. The van der Waals surface area contributed by atoms with Gasteiger partial charge in [0.25, 0.3) is 10.1 Å². The molecule has 2 saturated heterocycles. The minimum Gasteiger partial charge on any atom is -0.444 e. The first kappa shape index (κ1) is 24.1. The van der Waals surface area contributed by atoms with Crippen molar-refractivity contribution in [1.29, 1.82) is 0 Å².